The zero-order valence-corrected chi connectivity index (χ0v) is 19.2. The molecule has 6 nitrogen and oxygen atoms in total. The zero-order valence-electron chi connectivity index (χ0n) is 19.2. The maximum atomic E-state index is 12.5. The third kappa shape index (κ3) is 4.13. The first-order chi connectivity index (χ1) is 14.8. The van der Waals surface area contributed by atoms with E-state index in [0.717, 1.165) is 16.7 Å². The Morgan fingerprint density at radius 2 is 1.88 bits per heavy atom. The van der Waals surface area contributed by atoms with Crippen molar-refractivity contribution in [3.63, 3.8) is 0 Å². The molecule has 3 rings (SSSR count). The van der Waals surface area contributed by atoms with Crippen LogP contribution in [0.1, 0.15) is 62.1 Å². The average molecular weight is 435 g/mol. The number of aromatic carboxylic acids is 1. The summed E-state index contributed by atoms with van der Waals surface area (Å²) in [6, 6.07) is 4.85. The lowest BCUT2D eigenvalue weighted by atomic mass is 9.78. The van der Waals surface area contributed by atoms with Crippen LogP contribution in [0.5, 0.6) is 5.75 Å². The highest BCUT2D eigenvalue weighted by Crippen LogP contribution is 2.45. The molecule has 0 amide bonds. The normalized spacial score (nSPS) is 16.7. The summed E-state index contributed by atoms with van der Waals surface area (Å²) in [5.41, 5.74) is 10.0. The van der Waals surface area contributed by atoms with E-state index in [1.54, 1.807) is 19.1 Å². The fourth-order valence-electron chi connectivity index (χ4n) is 4.37. The first kappa shape index (κ1) is 23.1. The van der Waals surface area contributed by atoms with Gasteiger partial charge in [-0.05, 0) is 60.6 Å². The van der Waals surface area contributed by atoms with Gasteiger partial charge in [-0.25, -0.2) is 4.79 Å². The van der Waals surface area contributed by atoms with E-state index in [9.17, 15) is 19.8 Å². The molecule has 0 spiro atoms. The summed E-state index contributed by atoms with van der Waals surface area (Å²) in [5.74, 6) is -1.20. The van der Waals surface area contributed by atoms with Crippen molar-refractivity contribution >= 4 is 11.5 Å². The maximum absolute atomic E-state index is 12.5. The van der Waals surface area contributed by atoms with Gasteiger partial charge in [-0.3, -0.25) is 4.79 Å². The Bertz CT molecular complexity index is 1240. The van der Waals surface area contributed by atoms with Gasteiger partial charge in [0.05, 0.1) is 5.69 Å². The number of benzene rings is 1. The Balaban J connectivity index is 2.33. The number of rotatable bonds is 4. The van der Waals surface area contributed by atoms with Gasteiger partial charge in [0.15, 0.2) is 5.43 Å². The molecular formula is C26H30N2O4. The molecule has 0 radical (unpaired) electrons. The van der Waals surface area contributed by atoms with Crippen molar-refractivity contribution in [2.45, 2.75) is 47.1 Å². The second kappa shape index (κ2) is 8.19. The molecule has 0 bridgehead atoms. The van der Waals surface area contributed by atoms with E-state index in [-0.39, 0.29) is 22.8 Å². The highest BCUT2D eigenvalue weighted by Gasteiger charge is 2.34. The van der Waals surface area contributed by atoms with Crippen molar-refractivity contribution < 1.29 is 15.0 Å². The molecule has 1 aromatic heterocycles. The third-order valence-electron chi connectivity index (χ3n) is 5.92. The topological polar surface area (TPSA) is 106 Å². The van der Waals surface area contributed by atoms with Crippen LogP contribution in [0, 0.1) is 5.41 Å². The number of nitrogens with two attached hydrogens (primary N) is 1. The van der Waals surface area contributed by atoms with Crippen LogP contribution in [0.25, 0.3) is 16.8 Å². The van der Waals surface area contributed by atoms with Gasteiger partial charge in [0.25, 0.3) is 0 Å². The molecule has 0 fully saturated rings. The van der Waals surface area contributed by atoms with Gasteiger partial charge in [0.1, 0.15) is 11.3 Å². The zero-order chi connectivity index (χ0) is 24.0. The number of nitrogens with zero attached hydrogens (tertiary/aromatic N) is 1. The van der Waals surface area contributed by atoms with E-state index in [4.69, 9.17) is 5.73 Å². The number of hydrogen-bond donors (Lipinski definition) is 3. The van der Waals surface area contributed by atoms with Crippen molar-refractivity contribution in [1.82, 2.24) is 4.57 Å². The predicted octanol–water partition coefficient (Wildman–Crippen LogP) is 4.88. The van der Waals surface area contributed by atoms with Crippen molar-refractivity contribution in [2.75, 3.05) is 0 Å². The standard InChI is InChI=1S/C26H30N2O4/c1-7-17(14(2)8-15(3)27)19-9-16-10-24(26(4,5)6)28-13-20(25(31)32)23(30)12-21(28)18(16)11-22(19)29/h7-9,11-13,24,29H,1,10,27H2,2-6H3,(H,31,32)/b15-8-,17-14+. The van der Waals surface area contributed by atoms with Crippen molar-refractivity contribution in [2.24, 2.45) is 11.1 Å². The van der Waals surface area contributed by atoms with Gasteiger partial charge in [-0.1, -0.05) is 33.4 Å². The molecule has 1 aromatic carbocycles. The molecule has 32 heavy (non-hydrogen) atoms. The minimum atomic E-state index is -1.25. The second-order valence-electron chi connectivity index (χ2n) is 9.45. The summed E-state index contributed by atoms with van der Waals surface area (Å²) in [6.07, 6.45) is 5.57. The lowest BCUT2D eigenvalue weighted by molar-refractivity contribution is 0.0693. The molecule has 6 heteroatoms. The minimum Gasteiger partial charge on any atom is -0.507 e. The van der Waals surface area contributed by atoms with Gasteiger partial charge in [-0.2, -0.15) is 0 Å². The summed E-state index contributed by atoms with van der Waals surface area (Å²) >= 11 is 0. The predicted molar refractivity (Wildman–Crippen MR) is 128 cm³/mol. The first-order valence-corrected chi connectivity index (χ1v) is 10.5. The summed E-state index contributed by atoms with van der Waals surface area (Å²) in [4.78, 5) is 24.1. The van der Waals surface area contributed by atoms with E-state index in [2.05, 4.69) is 27.4 Å². The monoisotopic (exact) mass is 434 g/mol. The van der Waals surface area contributed by atoms with E-state index >= 15 is 0 Å². The Labute approximate surface area is 188 Å². The quantitative estimate of drug-likeness (QED) is 0.595. The van der Waals surface area contributed by atoms with Crippen LogP contribution in [-0.4, -0.2) is 20.7 Å². The lowest BCUT2D eigenvalue weighted by Gasteiger charge is -2.39. The molecule has 168 valence electrons. The largest absolute Gasteiger partial charge is 0.507 e. The molecular weight excluding hydrogens is 404 g/mol. The van der Waals surface area contributed by atoms with E-state index in [0.29, 0.717) is 28.9 Å². The minimum absolute atomic E-state index is 0.0524. The highest BCUT2D eigenvalue weighted by atomic mass is 16.4. The molecule has 4 N–H and O–H groups in total. The number of fused-ring (bicyclic) bond motifs is 3. The molecule has 1 unspecified atom stereocenters. The number of allylic oxidation sites excluding steroid dienone is 5. The Morgan fingerprint density at radius 3 is 2.41 bits per heavy atom. The number of phenols is 1. The fraction of sp³-hybridized carbons (Fsp3) is 0.308. The van der Waals surface area contributed by atoms with Crippen molar-refractivity contribution in [3.05, 3.63) is 81.3 Å². The first-order valence-electron chi connectivity index (χ1n) is 10.5. The number of carboxylic acids is 1. The molecule has 1 atom stereocenters. The van der Waals surface area contributed by atoms with Gasteiger partial charge in [0, 0.05) is 35.1 Å². The number of carbonyl (C=O) groups is 1. The van der Waals surface area contributed by atoms with Crippen LogP contribution in [0.2, 0.25) is 0 Å². The van der Waals surface area contributed by atoms with Crippen LogP contribution in [0.4, 0.5) is 0 Å². The smallest absolute Gasteiger partial charge is 0.341 e. The van der Waals surface area contributed by atoms with E-state index in [1.807, 2.05) is 23.6 Å². The van der Waals surface area contributed by atoms with Crippen LogP contribution >= 0.6 is 0 Å². The van der Waals surface area contributed by atoms with Crippen LogP contribution in [0.15, 0.2) is 59.2 Å². The molecule has 0 saturated carbocycles. The average Bonchev–Trinajstić information content (AvgIpc) is 2.66. The fourth-order valence-corrected chi connectivity index (χ4v) is 4.37. The van der Waals surface area contributed by atoms with Crippen molar-refractivity contribution in [1.29, 1.82) is 0 Å². The summed E-state index contributed by atoms with van der Waals surface area (Å²) in [5, 5.41) is 20.4. The maximum Gasteiger partial charge on any atom is 0.341 e. The third-order valence-corrected chi connectivity index (χ3v) is 5.92. The highest BCUT2D eigenvalue weighted by molar-refractivity contribution is 5.88. The Morgan fingerprint density at radius 1 is 1.22 bits per heavy atom. The van der Waals surface area contributed by atoms with Gasteiger partial charge >= 0.3 is 5.97 Å². The summed E-state index contributed by atoms with van der Waals surface area (Å²) in [7, 11) is 0. The van der Waals surface area contributed by atoms with Crippen molar-refractivity contribution in [3.8, 4) is 17.0 Å². The molecule has 0 saturated heterocycles. The number of phenolic OH excluding ortho intramolecular Hbond substituents is 1. The van der Waals surface area contributed by atoms with E-state index < -0.39 is 11.4 Å². The lowest BCUT2D eigenvalue weighted by Crippen LogP contribution is -2.32. The van der Waals surface area contributed by atoms with Crippen LogP contribution < -0.4 is 11.2 Å². The Hall–Kier alpha value is -3.54. The molecule has 2 heterocycles. The molecule has 0 aliphatic carbocycles. The molecule has 2 aromatic rings. The second-order valence-corrected chi connectivity index (χ2v) is 9.45. The number of aromatic hydroxyl groups is 1. The molecule has 1 aliphatic rings. The summed E-state index contributed by atoms with van der Waals surface area (Å²) < 4.78 is 1.86. The number of aromatic nitrogens is 1. The van der Waals surface area contributed by atoms with Gasteiger partial charge < -0.3 is 20.5 Å². The van der Waals surface area contributed by atoms with Crippen LogP contribution in [-0.2, 0) is 6.42 Å². The number of carboxylic acid groups (broad SMARTS) is 1. The van der Waals surface area contributed by atoms with Gasteiger partial charge in [-0.15, -0.1) is 0 Å². The summed E-state index contributed by atoms with van der Waals surface area (Å²) in [6.45, 7) is 13.9. The van der Waals surface area contributed by atoms with Gasteiger partial charge in [0.2, 0.25) is 0 Å². The van der Waals surface area contributed by atoms with E-state index in [1.165, 1.54) is 12.3 Å². The number of hydrogen-bond acceptors (Lipinski definition) is 4. The Kier molecular flexibility index (Phi) is 5.92. The molecule has 1 aliphatic heterocycles. The number of pyridine rings is 1. The SMILES string of the molecule is C=C/C(=C(C)\C=C(\C)N)c1cc2c(cc1O)-c1cc(=O)c(C(=O)O)cn1C(C(C)(C)C)C2. The van der Waals surface area contributed by atoms with Crippen LogP contribution in [0.3, 0.4) is 0 Å².